The first-order valence-electron chi connectivity index (χ1n) is 6.33. The van der Waals surface area contributed by atoms with Gasteiger partial charge in [-0.3, -0.25) is 4.79 Å². The van der Waals surface area contributed by atoms with Crippen molar-refractivity contribution in [1.82, 2.24) is 5.32 Å². The predicted octanol–water partition coefficient (Wildman–Crippen LogP) is 2.56. The van der Waals surface area contributed by atoms with Crippen LogP contribution in [0.5, 0.6) is 0 Å². The molecule has 0 fully saturated rings. The lowest BCUT2D eigenvalue weighted by Crippen LogP contribution is -2.23. The fraction of sp³-hybridized carbons (Fsp3) is 0.188. The molecule has 0 radical (unpaired) electrons. The molecule has 0 aliphatic rings. The summed E-state index contributed by atoms with van der Waals surface area (Å²) in [6.07, 6.45) is 0. The van der Waals surface area contributed by atoms with Crippen LogP contribution in [0.1, 0.15) is 27.0 Å². The molecule has 2 aromatic carbocycles. The largest absolute Gasteiger partial charge is 0.392 e. The zero-order valence-electron chi connectivity index (χ0n) is 11.2. The molecule has 0 bridgehead atoms. The molecule has 4 heteroatoms. The molecule has 2 aromatic rings. The summed E-state index contributed by atoms with van der Waals surface area (Å²) in [6.45, 7) is 2.12. The number of aliphatic hydroxyl groups is 1. The summed E-state index contributed by atoms with van der Waals surface area (Å²) < 4.78 is 12.8. The van der Waals surface area contributed by atoms with E-state index in [1.54, 1.807) is 30.3 Å². The molecule has 0 aliphatic carbocycles. The van der Waals surface area contributed by atoms with Gasteiger partial charge in [-0.15, -0.1) is 0 Å². The molecule has 0 unspecified atom stereocenters. The summed E-state index contributed by atoms with van der Waals surface area (Å²) in [5.41, 5.74) is 3.01. The number of amides is 1. The Kier molecular flexibility index (Phi) is 4.48. The van der Waals surface area contributed by atoms with Gasteiger partial charge in [0.05, 0.1) is 6.61 Å². The minimum absolute atomic E-state index is 0.0923. The highest BCUT2D eigenvalue weighted by Gasteiger charge is 2.07. The summed E-state index contributed by atoms with van der Waals surface area (Å²) in [5, 5.41) is 12.0. The molecule has 104 valence electrons. The topological polar surface area (TPSA) is 49.3 Å². The Morgan fingerprint density at radius 3 is 2.55 bits per heavy atom. The Bertz CT molecular complexity index is 608. The third kappa shape index (κ3) is 3.42. The van der Waals surface area contributed by atoms with E-state index in [1.165, 1.54) is 12.1 Å². The van der Waals surface area contributed by atoms with Gasteiger partial charge in [-0.1, -0.05) is 18.2 Å². The third-order valence-electron chi connectivity index (χ3n) is 3.15. The summed E-state index contributed by atoms with van der Waals surface area (Å²) >= 11 is 0. The van der Waals surface area contributed by atoms with Gasteiger partial charge in [0.1, 0.15) is 5.82 Å². The second kappa shape index (κ2) is 6.30. The number of halogens is 1. The molecule has 1 amide bonds. The van der Waals surface area contributed by atoms with Crippen molar-refractivity contribution in [2.24, 2.45) is 0 Å². The van der Waals surface area contributed by atoms with Gasteiger partial charge in [-0.05, 0) is 47.9 Å². The van der Waals surface area contributed by atoms with Crippen LogP contribution in [-0.2, 0) is 13.2 Å². The van der Waals surface area contributed by atoms with Crippen LogP contribution in [0, 0.1) is 12.7 Å². The number of hydrogen-bond acceptors (Lipinski definition) is 2. The second-order valence-corrected chi connectivity index (χ2v) is 4.61. The number of rotatable bonds is 4. The van der Waals surface area contributed by atoms with E-state index in [9.17, 15) is 14.3 Å². The van der Waals surface area contributed by atoms with Crippen molar-refractivity contribution in [1.29, 1.82) is 0 Å². The average Bonchev–Trinajstić information content (AvgIpc) is 2.47. The molecular weight excluding hydrogens is 257 g/mol. The third-order valence-corrected chi connectivity index (χ3v) is 3.15. The van der Waals surface area contributed by atoms with E-state index in [2.05, 4.69) is 5.32 Å². The maximum Gasteiger partial charge on any atom is 0.251 e. The zero-order valence-corrected chi connectivity index (χ0v) is 11.2. The van der Waals surface area contributed by atoms with Gasteiger partial charge >= 0.3 is 0 Å². The highest BCUT2D eigenvalue weighted by Crippen LogP contribution is 2.11. The molecule has 0 saturated heterocycles. The maximum absolute atomic E-state index is 12.8. The Hall–Kier alpha value is -2.20. The lowest BCUT2D eigenvalue weighted by atomic mass is 10.1. The first-order valence-corrected chi connectivity index (χ1v) is 6.33. The van der Waals surface area contributed by atoms with Crippen LogP contribution in [0.15, 0.2) is 42.5 Å². The van der Waals surface area contributed by atoms with Gasteiger partial charge in [-0.2, -0.15) is 0 Å². The van der Waals surface area contributed by atoms with Crippen molar-refractivity contribution in [2.75, 3.05) is 0 Å². The lowest BCUT2D eigenvalue weighted by Gasteiger charge is -2.08. The van der Waals surface area contributed by atoms with E-state index < -0.39 is 0 Å². The smallest absolute Gasteiger partial charge is 0.251 e. The Morgan fingerprint density at radius 2 is 1.90 bits per heavy atom. The van der Waals surface area contributed by atoms with Crippen LogP contribution in [-0.4, -0.2) is 11.0 Å². The van der Waals surface area contributed by atoms with E-state index in [4.69, 9.17) is 0 Å². The van der Waals surface area contributed by atoms with Crippen LogP contribution in [0.2, 0.25) is 0 Å². The van der Waals surface area contributed by atoms with Crippen LogP contribution < -0.4 is 5.32 Å². The van der Waals surface area contributed by atoms with Crippen LogP contribution in [0.3, 0.4) is 0 Å². The van der Waals surface area contributed by atoms with Crippen molar-refractivity contribution >= 4 is 5.91 Å². The molecule has 0 aromatic heterocycles. The number of carbonyl (C=O) groups excluding carboxylic acids is 1. The fourth-order valence-corrected chi connectivity index (χ4v) is 1.87. The highest BCUT2D eigenvalue weighted by atomic mass is 19.1. The number of aliphatic hydroxyl groups excluding tert-OH is 1. The minimum Gasteiger partial charge on any atom is -0.392 e. The van der Waals surface area contributed by atoms with Crippen LogP contribution in [0.4, 0.5) is 4.39 Å². The second-order valence-electron chi connectivity index (χ2n) is 4.61. The predicted molar refractivity (Wildman–Crippen MR) is 74.7 cm³/mol. The average molecular weight is 273 g/mol. The maximum atomic E-state index is 12.8. The molecule has 2 rings (SSSR count). The molecule has 2 N–H and O–H groups in total. The van der Waals surface area contributed by atoms with Gasteiger partial charge < -0.3 is 10.4 Å². The molecule has 0 spiro atoms. The van der Waals surface area contributed by atoms with Gasteiger partial charge in [0.2, 0.25) is 0 Å². The molecule has 0 saturated carbocycles. The molecule has 0 heterocycles. The Labute approximate surface area is 117 Å². The van der Waals surface area contributed by atoms with Gasteiger partial charge in [0.25, 0.3) is 5.91 Å². The normalized spacial score (nSPS) is 10.3. The van der Waals surface area contributed by atoms with E-state index in [0.717, 1.165) is 16.7 Å². The number of benzene rings is 2. The lowest BCUT2D eigenvalue weighted by molar-refractivity contribution is 0.0950. The van der Waals surface area contributed by atoms with E-state index in [0.29, 0.717) is 12.1 Å². The van der Waals surface area contributed by atoms with E-state index in [-0.39, 0.29) is 18.3 Å². The molecular formula is C16H16FNO2. The number of nitrogens with one attached hydrogen (secondary N) is 1. The monoisotopic (exact) mass is 273 g/mol. The van der Waals surface area contributed by atoms with Crippen molar-refractivity contribution in [3.8, 4) is 0 Å². The molecule has 0 atom stereocenters. The quantitative estimate of drug-likeness (QED) is 0.899. The number of aryl methyl sites for hydroxylation is 1. The number of carbonyl (C=O) groups is 1. The van der Waals surface area contributed by atoms with Crippen molar-refractivity contribution in [3.05, 3.63) is 70.5 Å². The molecule has 20 heavy (non-hydrogen) atoms. The zero-order chi connectivity index (χ0) is 14.5. The molecule has 3 nitrogen and oxygen atoms in total. The summed E-state index contributed by atoms with van der Waals surface area (Å²) in [4.78, 5) is 12.0. The number of hydrogen-bond donors (Lipinski definition) is 2. The summed E-state index contributed by atoms with van der Waals surface area (Å²) in [5.74, 6) is -0.518. The van der Waals surface area contributed by atoms with Gasteiger partial charge in [0.15, 0.2) is 0 Å². The van der Waals surface area contributed by atoms with E-state index >= 15 is 0 Å². The van der Waals surface area contributed by atoms with Gasteiger partial charge in [0, 0.05) is 12.1 Å². The summed E-state index contributed by atoms with van der Waals surface area (Å²) in [6, 6.07) is 11.2. The standard InChI is InChI=1S/C16H16FNO2/c1-11-2-5-13(8-14(11)10-19)16(20)18-9-12-3-6-15(17)7-4-12/h2-8,19H,9-10H2,1H3,(H,18,20). The van der Waals surface area contributed by atoms with Crippen LogP contribution in [0.25, 0.3) is 0 Å². The Morgan fingerprint density at radius 1 is 1.20 bits per heavy atom. The first kappa shape index (κ1) is 14.2. The first-order chi connectivity index (χ1) is 9.60. The van der Waals surface area contributed by atoms with Crippen molar-refractivity contribution in [3.63, 3.8) is 0 Å². The SMILES string of the molecule is Cc1ccc(C(=O)NCc2ccc(F)cc2)cc1CO. The fourth-order valence-electron chi connectivity index (χ4n) is 1.87. The van der Waals surface area contributed by atoms with Crippen molar-refractivity contribution < 1.29 is 14.3 Å². The van der Waals surface area contributed by atoms with E-state index in [1.807, 2.05) is 6.92 Å². The Balaban J connectivity index is 2.03. The minimum atomic E-state index is -0.300. The summed E-state index contributed by atoms with van der Waals surface area (Å²) in [7, 11) is 0. The van der Waals surface area contributed by atoms with Gasteiger partial charge in [-0.25, -0.2) is 4.39 Å². The van der Waals surface area contributed by atoms with Crippen molar-refractivity contribution in [2.45, 2.75) is 20.1 Å². The highest BCUT2D eigenvalue weighted by molar-refractivity contribution is 5.94. The molecule has 0 aliphatic heterocycles. The van der Waals surface area contributed by atoms with Crippen LogP contribution >= 0.6 is 0 Å².